The summed E-state index contributed by atoms with van der Waals surface area (Å²) in [6.45, 7) is 4.52. The highest BCUT2D eigenvalue weighted by Gasteiger charge is 2.13. The van der Waals surface area contributed by atoms with Crippen LogP contribution in [-0.2, 0) is 12.8 Å². The molecule has 1 heterocycles. The van der Waals surface area contributed by atoms with E-state index in [1.54, 1.807) is 6.33 Å². The molecule has 1 aromatic heterocycles. The Morgan fingerprint density at radius 2 is 2.12 bits per heavy atom. The third-order valence-electron chi connectivity index (χ3n) is 2.82. The summed E-state index contributed by atoms with van der Waals surface area (Å²) < 4.78 is 0.938. The van der Waals surface area contributed by atoms with Crippen molar-refractivity contribution in [2.24, 2.45) is 0 Å². The van der Waals surface area contributed by atoms with Crippen LogP contribution >= 0.6 is 15.9 Å². The lowest BCUT2D eigenvalue weighted by atomic mass is 10.1. The Morgan fingerprint density at radius 3 is 2.94 bits per heavy atom. The summed E-state index contributed by atoms with van der Waals surface area (Å²) in [6.07, 6.45) is 7.61. The molecule has 0 spiro atoms. The summed E-state index contributed by atoms with van der Waals surface area (Å²) in [5.41, 5.74) is 2.52. The normalized spacial score (nSPS) is 15.1. The summed E-state index contributed by atoms with van der Waals surface area (Å²) in [4.78, 5) is 8.70. The van der Waals surface area contributed by atoms with E-state index in [4.69, 9.17) is 0 Å². The van der Waals surface area contributed by atoms with Crippen molar-refractivity contribution in [3.63, 3.8) is 0 Å². The minimum Gasteiger partial charge on any atom is -0.365 e. The van der Waals surface area contributed by atoms with Crippen LogP contribution in [0.4, 0.5) is 5.82 Å². The molecule has 16 heavy (non-hydrogen) atoms. The van der Waals surface area contributed by atoms with E-state index >= 15 is 0 Å². The second-order valence-corrected chi connectivity index (χ2v) is 5.20. The zero-order valence-corrected chi connectivity index (χ0v) is 10.9. The van der Waals surface area contributed by atoms with E-state index in [9.17, 15) is 0 Å². The molecule has 0 saturated carbocycles. The molecule has 2 rings (SSSR count). The smallest absolute Gasteiger partial charge is 0.133 e. The molecule has 0 bridgehead atoms. The molecule has 0 unspecified atom stereocenters. The number of hydrogen-bond acceptors (Lipinski definition) is 3. The molecule has 0 aromatic carbocycles. The number of rotatable bonds is 3. The van der Waals surface area contributed by atoms with Crippen LogP contribution in [0.15, 0.2) is 17.4 Å². The Balaban J connectivity index is 2.20. The Hall–Kier alpha value is -0.900. The van der Waals surface area contributed by atoms with E-state index in [2.05, 4.69) is 37.8 Å². The van der Waals surface area contributed by atoms with Gasteiger partial charge in [0, 0.05) is 22.3 Å². The van der Waals surface area contributed by atoms with E-state index < -0.39 is 0 Å². The zero-order chi connectivity index (χ0) is 11.4. The van der Waals surface area contributed by atoms with Crippen LogP contribution in [0, 0.1) is 0 Å². The quantitative estimate of drug-likeness (QED) is 0.866. The highest BCUT2D eigenvalue weighted by atomic mass is 79.9. The lowest BCUT2D eigenvalue weighted by Crippen LogP contribution is -2.08. The summed E-state index contributed by atoms with van der Waals surface area (Å²) >= 11 is 3.34. The molecule has 0 atom stereocenters. The number of hydrogen-bond donors (Lipinski definition) is 1. The summed E-state index contributed by atoms with van der Waals surface area (Å²) in [5, 5.41) is 3.30. The highest BCUT2D eigenvalue weighted by Crippen LogP contribution is 2.23. The van der Waals surface area contributed by atoms with Gasteiger partial charge in [-0.1, -0.05) is 28.9 Å². The van der Waals surface area contributed by atoms with E-state index in [0.29, 0.717) is 6.54 Å². The van der Waals surface area contributed by atoms with Gasteiger partial charge in [0.25, 0.3) is 0 Å². The van der Waals surface area contributed by atoms with Crippen molar-refractivity contribution in [3.05, 3.63) is 28.6 Å². The van der Waals surface area contributed by atoms with Gasteiger partial charge in [0.1, 0.15) is 12.1 Å². The molecule has 0 fully saturated rings. The molecule has 1 N–H and O–H groups in total. The van der Waals surface area contributed by atoms with Gasteiger partial charge in [-0.2, -0.15) is 0 Å². The molecule has 86 valence electrons. The van der Waals surface area contributed by atoms with Crippen LogP contribution in [0.5, 0.6) is 0 Å². The first-order chi connectivity index (χ1) is 7.77. The predicted octanol–water partition coefficient (Wildman–Crippen LogP) is 3.07. The molecule has 4 heteroatoms. The summed E-state index contributed by atoms with van der Waals surface area (Å²) in [5.74, 6) is 0.979. The van der Waals surface area contributed by atoms with E-state index in [1.165, 1.54) is 30.5 Å². The number of aromatic nitrogens is 2. The van der Waals surface area contributed by atoms with Gasteiger partial charge in [-0.3, -0.25) is 0 Å². The van der Waals surface area contributed by atoms with Crippen LogP contribution < -0.4 is 5.32 Å². The fourth-order valence-corrected chi connectivity index (χ4v) is 2.17. The molecule has 0 saturated heterocycles. The molecule has 1 aromatic rings. The van der Waals surface area contributed by atoms with Crippen LogP contribution in [0.3, 0.4) is 0 Å². The first kappa shape index (κ1) is 11.6. The second-order valence-electron chi connectivity index (χ2n) is 4.08. The Kier molecular flexibility index (Phi) is 3.93. The number of fused-ring (bicyclic) bond motifs is 1. The van der Waals surface area contributed by atoms with Crippen molar-refractivity contribution < 1.29 is 0 Å². The Labute approximate surface area is 105 Å². The van der Waals surface area contributed by atoms with Gasteiger partial charge in [-0.15, -0.1) is 0 Å². The van der Waals surface area contributed by atoms with E-state index in [-0.39, 0.29) is 0 Å². The molecule has 0 aliphatic heterocycles. The third kappa shape index (κ3) is 2.82. The molecule has 3 nitrogen and oxygen atoms in total. The van der Waals surface area contributed by atoms with Gasteiger partial charge in [-0.05, 0) is 25.7 Å². The average molecular weight is 282 g/mol. The lowest BCUT2D eigenvalue weighted by Gasteiger charge is -2.11. The minimum absolute atomic E-state index is 0.712. The highest BCUT2D eigenvalue weighted by molar-refractivity contribution is 9.11. The zero-order valence-electron chi connectivity index (χ0n) is 9.30. The van der Waals surface area contributed by atoms with E-state index in [1.807, 2.05) is 0 Å². The second kappa shape index (κ2) is 5.43. The first-order valence-corrected chi connectivity index (χ1v) is 6.46. The predicted molar refractivity (Wildman–Crippen MR) is 69.8 cm³/mol. The number of aryl methyl sites for hydroxylation is 1. The van der Waals surface area contributed by atoms with Crippen molar-refractivity contribution in [2.75, 3.05) is 11.9 Å². The monoisotopic (exact) mass is 281 g/mol. The van der Waals surface area contributed by atoms with Crippen LogP contribution in [0.2, 0.25) is 0 Å². The maximum atomic E-state index is 4.38. The first-order valence-electron chi connectivity index (χ1n) is 5.67. The molecular formula is C12H16BrN3. The largest absolute Gasteiger partial charge is 0.365 e. The van der Waals surface area contributed by atoms with Crippen LogP contribution in [0.1, 0.15) is 30.5 Å². The van der Waals surface area contributed by atoms with Crippen molar-refractivity contribution in [1.82, 2.24) is 9.97 Å². The Bertz CT molecular complexity index is 390. The maximum Gasteiger partial charge on any atom is 0.133 e. The fourth-order valence-electron chi connectivity index (χ4n) is 2.03. The molecule has 0 amide bonds. The van der Waals surface area contributed by atoms with Gasteiger partial charge >= 0.3 is 0 Å². The van der Waals surface area contributed by atoms with Gasteiger partial charge in [0.05, 0.1) is 0 Å². The SMILES string of the molecule is C=C(Br)CNc1ncnc2c1CCCCC2. The van der Waals surface area contributed by atoms with Crippen LogP contribution in [0.25, 0.3) is 0 Å². The molecule has 0 radical (unpaired) electrons. The van der Waals surface area contributed by atoms with Crippen molar-refractivity contribution >= 4 is 21.7 Å². The topological polar surface area (TPSA) is 37.8 Å². The van der Waals surface area contributed by atoms with Crippen molar-refractivity contribution in [1.29, 1.82) is 0 Å². The lowest BCUT2D eigenvalue weighted by molar-refractivity contribution is 0.709. The number of halogens is 1. The minimum atomic E-state index is 0.712. The van der Waals surface area contributed by atoms with Gasteiger partial charge in [0.15, 0.2) is 0 Å². The standard InChI is InChI=1S/C12H16BrN3/c1-9(13)7-14-12-10-5-3-2-4-6-11(10)15-8-16-12/h8H,1-7H2,(H,14,15,16). The van der Waals surface area contributed by atoms with Gasteiger partial charge < -0.3 is 5.32 Å². The fraction of sp³-hybridized carbons (Fsp3) is 0.500. The van der Waals surface area contributed by atoms with Gasteiger partial charge in [0.2, 0.25) is 0 Å². The molecule has 1 aliphatic rings. The van der Waals surface area contributed by atoms with E-state index in [0.717, 1.165) is 23.1 Å². The maximum absolute atomic E-state index is 4.38. The van der Waals surface area contributed by atoms with Crippen LogP contribution in [-0.4, -0.2) is 16.5 Å². The molecular weight excluding hydrogens is 266 g/mol. The third-order valence-corrected chi connectivity index (χ3v) is 3.10. The van der Waals surface area contributed by atoms with Gasteiger partial charge in [-0.25, -0.2) is 9.97 Å². The summed E-state index contributed by atoms with van der Waals surface area (Å²) in [6, 6.07) is 0. The number of anilines is 1. The van der Waals surface area contributed by atoms with Crippen molar-refractivity contribution in [2.45, 2.75) is 32.1 Å². The summed E-state index contributed by atoms with van der Waals surface area (Å²) in [7, 11) is 0. The van der Waals surface area contributed by atoms with Crippen molar-refractivity contribution in [3.8, 4) is 0 Å². The average Bonchev–Trinajstić information content (AvgIpc) is 2.51. The number of nitrogens with one attached hydrogen (secondary N) is 1. The number of nitrogens with zero attached hydrogens (tertiary/aromatic N) is 2. The molecule has 1 aliphatic carbocycles. The Morgan fingerprint density at radius 1 is 1.31 bits per heavy atom.